The molecular formula is C33H54N4O13. The molecule has 0 aromatic heterocycles. The number of benzene rings is 1. The zero-order chi connectivity index (χ0) is 36.2. The van der Waals surface area contributed by atoms with Crippen LogP contribution >= 0.6 is 0 Å². The third kappa shape index (κ3) is 18.5. The van der Waals surface area contributed by atoms with Crippen LogP contribution < -0.4 is 20.3 Å². The maximum atomic E-state index is 13.1. The molecule has 0 aliphatic carbocycles. The summed E-state index contributed by atoms with van der Waals surface area (Å²) in [4.78, 5) is 52.3. The van der Waals surface area contributed by atoms with Crippen molar-refractivity contribution >= 4 is 29.4 Å². The van der Waals surface area contributed by atoms with Crippen LogP contribution in [0.1, 0.15) is 18.4 Å². The van der Waals surface area contributed by atoms with Gasteiger partial charge in [-0.2, -0.15) is 0 Å². The minimum atomic E-state index is -0.569. The summed E-state index contributed by atoms with van der Waals surface area (Å²) in [7, 11) is 3.13. The summed E-state index contributed by atoms with van der Waals surface area (Å²) in [5, 5.41) is 5.00. The van der Waals surface area contributed by atoms with E-state index in [0.717, 1.165) is 10.5 Å². The first kappa shape index (κ1) is 42.7. The number of hydrogen-bond donors (Lipinski definition) is 2. The molecule has 2 rings (SSSR count). The van der Waals surface area contributed by atoms with Crippen molar-refractivity contribution in [3.8, 4) is 5.75 Å². The molecule has 2 N–H and O–H groups in total. The van der Waals surface area contributed by atoms with Crippen molar-refractivity contribution in [2.75, 3.05) is 138 Å². The first-order valence-corrected chi connectivity index (χ1v) is 16.7. The number of nitrogens with zero attached hydrogens (tertiary/aromatic N) is 2. The maximum absolute atomic E-state index is 13.1. The second-order valence-electron chi connectivity index (χ2n) is 10.7. The van der Waals surface area contributed by atoms with Crippen molar-refractivity contribution in [1.82, 2.24) is 15.5 Å². The van der Waals surface area contributed by atoms with Crippen molar-refractivity contribution < 1.29 is 61.8 Å². The summed E-state index contributed by atoms with van der Waals surface area (Å²) in [5.41, 5.74) is 1.47. The van der Waals surface area contributed by atoms with Crippen molar-refractivity contribution in [3.05, 3.63) is 23.8 Å². The zero-order valence-electron chi connectivity index (χ0n) is 29.6. The molecule has 284 valence electrons. The van der Waals surface area contributed by atoms with Gasteiger partial charge in [0.15, 0.2) is 0 Å². The number of nitrogens with one attached hydrogen (secondary N) is 2. The number of ether oxygens (including phenoxy) is 9. The summed E-state index contributed by atoms with van der Waals surface area (Å²) >= 11 is 0. The van der Waals surface area contributed by atoms with Crippen LogP contribution in [0, 0.1) is 6.92 Å². The number of urea groups is 1. The van der Waals surface area contributed by atoms with Gasteiger partial charge in [-0.15, -0.1) is 0 Å². The lowest BCUT2D eigenvalue weighted by atomic mass is 10.1. The van der Waals surface area contributed by atoms with E-state index in [4.69, 9.17) is 42.6 Å². The average Bonchev–Trinajstić information content (AvgIpc) is 3.11. The first-order valence-electron chi connectivity index (χ1n) is 16.7. The Hall–Kier alpha value is -3.42. The van der Waals surface area contributed by atoms with Crippen LogP contribution in [0.3, 0.4) is 0 Å². The largest absolute Gasteiger partial charge is 0.495 e. The second kappa shape index (κ2) is 27.3. The average molecular weight is 715 g/mol. The number of aryl methyl sites for hydroxylation is 1. The number of rotatable bonds is 30. The summed E-state index contributed by atoms with van der Waals surface area (Å²) in [6, 6.07) is 4.84. The Bertz CT molecular complexity index is 1130. The van der Waals surface area contributed by atoms with Crippen LogP contribution in [0.5, 0.6) is 5.75 Å². The topological polar surface area (TPSA) is 182 Å². The van der Waals surface area contributed by atoms with E-state index in [2.05, 4.69) is 10.6 Å². The molecule has 1 aliphatic rings. The number of anilines is 1. The van der Waals surface area contributed by atoms with E-state index in [1.807, 2.05) is 13.0 Å². The summed E-state index contributed by atoms with van der Waals surface area (Å²) in [6.07, 6.45) is 0.142. The molecule has 0 bridgehead atoms. The van der Waals surface area contributed by atoms with Crippen LogP contribution in [0.25, 0.3) is 0 Å². The highest BCUT2D eigenvalue weighted by Gasteiger charge is 2.34. The Morgan fingerprint density at radius 2 is 1.18 bits per heavy atom. The molecule has 0 atom stereocenters. The lowest BCUT2D eigenvalue weighted by molar-refractivity contribution is -0.131. The van der Waals surface area contributed by atoms with Gasteiger partial charge in [0.25, 0.3) is 0 Å². The molecule has 1 aromatic rings. The van der Waals surface area contributed by atoms with E-state index >= 15 is 0 Å². The third-order valence-electron chi connectivity index (χ3n) is 6.96. The molecule has 17 heteroatoms. The number of imide groups is 1. The smallest absolute Gasteiger partial charge is 0.332 e. The minimum absolute atomic E-state index is 0.0523. The predicted molar refractivity (Wildman–Crippen MR) is 180 cm³/mol. The van der Waals surface area contributed by atoms with E-state index in [9.17, 15) is 19.2 Å². The van der Waals surface area contributed by atoms with Gasteiger partial charge in [-0.25, -0.2) is 9.69 Å². The minimum Gasteiger partial charge on any atom is -0.495 e. The molecular weight excluding hydrogens is 660 g/mol. The predicted octanol–water partition coefficient (Wildman–Crippen LogP) is 0.505. The van der Waals surface area contributed by atoms with Gasteiger partial charge in [-0.3, -0.25) is 19.3 Å². The Morgan fingerprint density at radius 3 is 1.68 bits per heavy atom. The van der Waals surface area contributed by atoms with Gasteiger partial charge in [-0.1, -0.05) is 6.07 Å². The van der Waals surface area contributed by atoms with Crippen LogP contribution in [0.15, 0.2) is 18.2 Å². The van der Waals surface area contributed by atoms with Gasteiger partial charge in [-0.05, 0) is 24.6 Å². The third-order valence-corrected chi connectivity index (χ3v) is 6.96. The van der Waals surface area contributed by atoms with E-state index in [1.165, 1.54) is 12.0 Å². The summed E-state index contributed by atoms with van der Waals surface area (Å²) in [6.45, 7) is 8.06. The molecule has 1 aliphatic heterocycles. The van der Waals surface area contributed by atoms with Crippen LogP contribution in [0.2, 0.25) is 0 Å². The molecule has 17 nitrogen and oxygen atoms in total. The quantitative estimate of drug-likeness (QED) is 0.105. The van der Waals surface area contributed by atoms with Crippen molar-refractivity contribution in [3.63, 3.8) is 0 Å². The molecule has 5 amide bonds. The van der Waals surface area contributed by atoms with Crippen LogP contribution in [-0.4, -0.2) is 162 Å². The Kier molecular flexibility index (Phi) is 23.4. The molecule has 1 aromatic carbocycles. The second-order valence-corrected chi connectivity index (χ2v) is 10.7. The van der Waals surface area contributed by atoms with Crippen LogP contribution in [0.4, 0.5) is 10.5 Å². The number of hydrogen-bond acceptors (Lipinski definition) is 13. The lowest BCUT2D eigenvalue weighted by Crippen LogP contribution is -2.56. The van der Waals surface area contributed by atoms with Gasteiger partial charge < -0.3 is 53.3 Å². The van der Waals surface area contributed by atoms with Crippen molar-refractivity contribution in [2.24, 2.45) is 0 Å². The molecule has 0 unspecified atom stereocenters. The zero-order valence-corrected chi connectivity index (χ0v) is 29.6. The molecule has 50 heavy (non-hydrogen) atoms. The SMILES string of the molecule is COCCOCCOCCOCCOCCOCCOCCOCCC(=O)NCC(=O)NCN1C(=O)CCN(c2cc(C)ccc2OC)C1=O. The van der Waals surface area contributed by atoms with E-state index in [1.54, 1.807) is 19.2 Å². The molecule has 1 fully saturated rings. The molecule has 0 saturated carbocycles. The fraction of sp³-hybridized carbons (Fsp3) is 0.697. The highest BCUT2D eigenvalue weighted by molar-refractivity contribution is 6.06. The Labute approximate surface area is 294 Å². The highest BCUT2D eigenvalue weighted by atomic mass is 16.6. The van der Waals surface area contributed by atoms with Crippen molar-refractivity contribution in [2.45, 2.75) is 19.8 Å². The lowest BCUT2D eigenvalue weighted by Gasteiger charge is -2.34. The number of methoxy groups -OCH3 is 2. The van der Waals surface area contributed by atoms with Gasteiger partial charge >= 0.3 is 6.03 Å². The molecule has 1 saturated heterocycles. The molecule has 1 heterocycles. The molecule has 0 spiro atoms. The fourth-order valence-corrected chi connectivity index (χ4v) is 4.31. The highest BCUT2D eigenvalue weighted by Crippen LogP contribution is 2.31. The van der Waals surface area contributed by atoms with Crippen LogP contribution in [-0.2, 0) is 52.3 Å². The van der Waals surface area contributed by atoms with Gasteiger partial charge in [0, 0.05) is 26.5 Å². The van der Waals surface area contributed by atoms with E-state index in [0.29, 0.717) is 104 Å². The molecule has 0 radical (unpaired) electrons. The maximum Gasteiger partial charge on any atom is 0.332 e. The monoisotopic (exact) mass is 714 g/mol. The Morgan fingerprint density at radius 1 is 0.680 bits per heavy atom. The summed E-state index contributed by atoms with van der Waals surface area (Å²) in [5.74, 6) is -0.836. The normalized spacial score (nSPS) is 13.2. The number of carbonyl (C=O) groups excluding carboxylic acids is 4. The van der Waals surface area contributed by atoms with Gasteiger partial charge in [0.2, 0.25) is 17.7 Å². The number of carbonyl (C=O) groups is 4. The van der Waals surface area contributed by atoms with Crippen molar-refractivity contribution in [1.29, 1.82) is 0 Å². The summed E-state index contributed by atoms with van der Waals surface area (Å²) < 4.78 is 48.1. The fourth-order valence-electron chi connectivity index (χ4n) is 4.31. The van der Waals surface area contributed by atoms with Gasteiger partial charge in [0.05, 0.1) is 118 Å². The standard InChI is InChI=1S/C33H54N4O13/c1-27-4-5-29(43-3)28(24-27)36-8-6-32(40)37(33(36)41)26-35-31(39)25-34-30(38)7-9-44-12-13-46-16-17-48-20-21-50-23-22-49-19-18-47-15-14-45-11-10-42-2/h4-5,24H,6-23,25-26H2,1-3H3,(H,34,38)(H,35,39). The number of amides is 5. The Balaban J connectivity index is 1.39. The van der Waals surface area contributed by atoms with E-state index in [-0.39, 0.29) is 45.1 Å². The van der Waals surface area contributed by atoms with E-state index < -0.39 is 17.8 Å². The first-order chi connectivity index (χ1) is 24.4. The van der Waals surface area contributed by atoms with Gasteiger partial charge in [0.1, 0.15) is 12.4 Å².